The molecule has 0 bridgehead atoms. The number of rotatable bonds is 0. The molecule has 0 aliphatic carbocycles. The van der Waals surface area contributed by atoms with Gasteiger partial charge in [-0.2, -0.15) is 5.26 Å². The van der Waals surface area contributed by atoms with E-state index in [1.165, 1.54) is 0 Å². The first kappa shape index (κ1) is 11.4. The summed E-state index contributed by atoms with van der Waals surface area (Å²) in [4.78, 5) is 0. The highest BCUT2D eigenvalue weighted by atomic mass is 19.1. The fourth-order valence-corrected chi connectivity index (χ4v) is 2.79. The zero-order valence-corrected chi connectivity index (χ0v) is 9.53. The monoisotopic (exact) mass is 251 g/mol. The van der Waals surface area contributed by atoms with Crippen molar-refractivity contribution < 1.29 is 18.3 Å². The number of hydrogen-bond donors (Lipinski definition) is 0. The van der Waals surface area contributed by atoms with Crippen LogP contribution in [0, 0.1) is 28.9 Å². The molecule has 94 valence electrons. The highest BCUT2D eigenvalue weighted by Gasteiger charge is 2.42. The molecule has 18 heavy (non-hydrogen) atoms. The Bertz CT molecular complexity index is 526. The molecule has 3 rings (SSSR count). The van der Waals surface area contributed by atoms with E-state index in [4.69, 9.17) is 14.7 Å². The molecule has 3 atom stereocenters. The topological polar surface area (TPSA) is 42.2 Å². The SMILES string of the molecule is N#C[C@H]1OCCC2c3c(F)ccc(F)c3OCC21. The maximum Gasteiger partial charge on any atom is 0.165 e. The molecule has 1 aromatic carbocycles. The molecule has 1 fully saturated rings. The molecule has 1 aromatic rings. The van der Waals surface area contributed by atoms with Gasteiger partial charge in [0.25, 0.3) is 0 Å². The molecule has 0 radical (unpaired) electrons. The molecule has 0 N–H and O–H groups in total. The van der Waals surface area contributed by atoms with Gasteiger partial charge in [0.1, 0.15) is 5.82 Å². The lowest BCUT2D eigenvalue weighted by molar-refractivity contribution is -0.0310. The first-order valence-corrected chi connectivity index (χ1v) is 5.84. The number of benzene rings is 1. The van der Waals surface area contributed by atoms with Crippen LogP contribution in [-0.2, 0) is 4.74 Å². The van der Waals surface area contributed by atoms with Gasteiger partial charge in [-0.25, -0.2) is 8.78 Å². The van der Waals surface area contributed by atoms with Crippen molar-refractivity contribution in [2.45, 2.75) is 18.4 Å². The van der Waals surface area contributed by atoms with Crippen LogP contribution in [0.4, 0.5) is 8.78 Å². The minimum atomic E-state index is -0.612. The van der Waals surface area contributed by atoms with Gasteiger partial charge < -0.3 is 9.47 Å². The Labute approximate surface area is 103 Å². The molecule has 5 heteroatoms. The molecule has 1 saturated heterocycles. The lowest BCUT2D eigenvalue weighted by Gasteiger charge is -2.39. The fourth-order valence-electron chi connectivity index (χ4n) is 2.79. The van der Waals surface area contributed by atoms with E-state index >= 15 is 0 Å². The Kier molecular flexibility index (Phi) is 2.67. The predicted octanol–water partition coefficient (Wildman–Crippen LogP) is 2.37. The molecule has 0 amide bonds. The summed E-state index contributed by atoms with van der Waals surface area (Å²) >= 11 is 0. The second-order valence-electron chi connectivity index (χ2n) is 4.56. The van der Waals surface area contributed by atoms with Gasteiger partial charge in [-0.3, -0.25) is 0 Å². The van der Waals surface area contributed by atoms with Crippen LogP contribution in [0.2, 0.25) is 0 Å². The lowest BCUT2D eigenvalue weighted by Crippen LogP contribution is -2.41. The average Bonchev–Trinajstić information content (AvgIpc) is 2.41. The zero-order valence-electron chi connectivity index (χ0n) is 9.53. The van der Waals surface area contributed by atoms with Gasteiger partial charge in [0.2, 0.25) is 0 Å². The van der Waals surface area contributed by atoms with Gasteiger partial charge in [-0.1, -0.05) is 0 Å². The Hall–Kier alpha value is -1.67. The van der Waals surface area contributed by atoms with Crippen molar-refractivity contribution in [2.75, 3.05) is 13.2 Å². The van der Waals surface area contributed by atoms with E-state index < -0.39 is 17.7 Å². The van der Waals surface area contributed by atoms with E-state index in [-0.39, 0.29) is 29.8 Å². The van der Waals surface area contributed by atoms with Gasteiger partial charge in [0.05, 0.1) is 12.7 Å². The second-order valence-corrected chi connectivity index (χ2v) is 4.56. The van der Waals surface area contributed by atoms with E-state index in [1.807, 2.05) is 6.07 Å². The van der Waals surface area contributed by atoms with Crippen LogP contribution in [0.5, 0.6) is 5.75 Å². The standard InChI is InChI=1S/C13H11F2NO2/c14-9-1-2-10(15)13-12(9)7-3-4-17-11(5-16)8(7)6-18-13/h1-2,7-8,11H,3-4,6H2/t7?,8?,11-/m1/s1. The third-order valence-electron chi connectivity index (χ3n) is 3.64. The predicted molar refractivity (Wildman–Crippen MR) is 58.1 cm³/mol. The smallest absolute Gasteiger partial charge is 0.165 e. The molecule has 2 aliphatic heterocycles. The first-order chi connectivity index (χ1) is 8.72. The van der Waals surface area contributed by atoms with E-state index in [1.54, 1.807) is 0 Å². The molecule has 2 aliphatic rings. The molecular weight excluding hydrogens is 240 g/mol. The highest BCUT2D eigenvalue weighted by Crippen LogP contribution is 2.45. The van der Waals surface area contributed by atoms with E-state index in [2.05, 4.69) is 0 Å². The average molecular weight is 251 g/mol. The fraction of sp³-hybridized carbons (Fsp3) is 0.462. The normalized spacial score (nSPS) is 29.7. The third kappa shape index (κ3) is 1.57. The summed E-state index contributed by atoms with van der Waals surface area (Å²) in [5.74, 6) is -1.46. The van der Waals surface area contributed by atoms with E-state index in [9.17, 15) is 8.78 Å². The molecule has 2 heterocycles. The van der Waals surface area contributed by atoms with Crippen molar-refractivity contribution in [2.24, 2.45) is 5.92 Å². The van der Waals surface area contributed by atoms with Crippen LogP contribution in [0.1, 0.15) is 17.9 Å². The summed E-state index contributed by atoms with van der Waals surface area (Å²) in [7, 11) is 0. The quantitative estimate of drug-likeness (QED) is 0.711. The molecule has 0 spiro atoms. The van der Waals surface area contributed by atoms with Gasteiger partial charge in [0.15, 0.2) is 17.7 Å². The Morgan fingerprint density at radius 1 is 1.28 bits per heavy atom. The van der Waals surface area contributed by atoms with Crippen LogP contribution < -0.4 is 4.74 Å². The summed E-state index contributed by atoms with van der Waals surface area (Å²) in [5.41, 5.74) is 0.259. The van der Waals surface area contributed by atoms with Gasteiger partial charge in [-0.15, -0.1) is 0 Å². The molecule has 3 nitrogen and oxygen atoms in total. The minimum absolute atomic E-state index is 0.00478. The van der Waals surface area contributed by atoms with Crippen molar-refractivity contribution in [3.8, 4) is 11.8 Å². The number of hydrogen-bond acceptors (Lipinski definition) is 3. The van der Waals surface area contributed by atoms with Crippen LogP contribution >= 0.6 is 0 Å². The minimum Gasteiger partial charge on any atom is -0.490 e. The number of nitriles is 1. The van der Waals surface area contributed by atoms with Gasteiger partial charge in [-0.05, 0) is 18.6 Å². The lowest BCUT2D eigenvalue weighted by atomic mass is 9.77. The van der Waals surface area contributed by atoms with Gasteiger partial charge >= 0.3 is 0 Å². The summed E-state index contributed by atoms with van der Waals surface area (Å²) in [5, 5.41) is 9.00. The Morgan fingerprint density at radius 3 is 2.83 bits per heavy atom. The molecule has 0 aromatic heterocycles. The third-order valence-corrected chi connectivity index (χ3v) is 3.64. The summed E-state index contributed by atoms with van der Waals surface area (Å²) in [6.45, 7) is 0.574. The van der Waals surface area contributed by atoms with Crippen LogP contribution in [-0.4, -0.2) is 19.3 Å². The Morgan fingerprint density at radius 2 is 2.06 bits per heavy atom. The number of halogens is 2. The van der Waals surface area contributed by atoms with E-state index in [0.717, 1.165) is 12.1 Å². The summed E-state index contributed by atoms with van der Waals surface area (Å²) < 4.78 is 38.1. The molecule has 2 unspecified atom stereocenters. The number of fused-ring (bicyclic) bond motifs is 3. The maximum absolute atomic E-state index is 13.9. The number of nitrogens with zero attached hydrogens (tertiary/aromatic N) is 1. The Balaban J connectivity index is 2.08. The summed E-state index contributed by atoms with van der Waals surface area (Å²) in [6.07, 6.45) is -0.0286. The largest absolute Gasteiger partial charge is 0.490 e. The molecular formula is C13H11F2NO2. The molecule has 0 saturated carbocycles. The van der Waals surface area contributed by atoms with Crippen molar-refractivity contribution in [3.63, 3.8) is 0 Å². The van der Waals surface area contributed by atoms with E-state index in [0.29, 0.717) is 13.0 Å². The van der Waals surface area contributed by atoms with Crippen LogP contribution in [0.3, 0.4) is 0 Å². The maximum atomic E-state index is 13.9. The first-order valence-electron chi connectivity index (χ1n) is 5.84. The van der Waals surface area contributed by atoms with Crippen molar-refractivity contribution in [1.82, 2.24) is 0 Å². The summed E-state index contributed by atoms with van der Waals surface area (Å²) in [6, 6.07) is 4.22. The number of ether oxygens (including phenoxy) is 2. The van der Waals surface area contributed by atoms with Crippen LogP contribution in [0.25, 0.3) is 0 Å². The van der Waals surface area contributed by atoms with Crippen LogP contribution in [0.15, 0.2) is 12.1 Å². The van der Waals surface area contributed by atoms with Crippen molar-refractivity contribution in [1.29, 1.82) is 5.26 Å². The zero-order chi connectivity index (χ0) is 12.7. The second kappa shape index (κ2) is 4.21. The highest BCUT2D eigenvalue weighted by molar-refractivity contribution is 5.41. The van der Waals surface area contributed by atoms with Gasteiger partial charge in [0, 0.05) is 24.0 Å². The van der Waals surface area contributed by atoms with Crippen molar-refractivity contribution in [3.05, 3.63) is 29.3 Å². The van der Waals surface area contributed by atoms with Crippen molar-refractivity contribution >= 4 is 0 Å².